The number of carbonyl (C=O) groups excluding carboxylic acids is 5. The first kappa shape index (κ1) is 43.1. The number of amides is 3. The van der Waals surface area contributed by atoms with Crippen molar-refractivity contribution in [1.82, 2.24) is 20.4 Å². The molecule has 3 rings (SSSR count). The first-order valence-corrected chi connectivity index (χ1v) is 19.0. The number of nitrogens with zero attached hydrogens (tertiary/aromatic N) is 2. The second kappa shape index (κ2) is 19.1. The monoisotopic (exact) mass is 730 g/mol. The van der Waals surface area contributed by atoms with Gasteiger partial charge in [-0.05, 0) is 56.0 Å². The van der Waals surface area contributed by atoms with Gasteiger partial charge >= 0.3 is 5.97 Å². The number of esters is 1. The van der Waals surface area contributed by atoms with Crippen molar-refractivity contribution in [3.05, 3.63) is 82.9 Å². The zero-order chi connectivity index (χ0) is 39.6. The Labute approximate surface area is 317 Å². The Hall–Kier alpha value is -4.31. The molecule has 10 nitrogen and oxygen atoms in total. The number of methoxy groups -OCH3 is 1. The van der Waals surface area contributed by atoms with Gasteiger partial charge in [0, 0.05) is 36.2 Å². The molecule has 3 amide bonds. The largest absolute Gasteiger partial charge is 0.467 e. The minimum Gasteiger partial charge on any atom is -0.467 e. The number of benzene rings is 2. The van der Waals surface area contributed by atoms with Crippen LogP contribution in [0.3, 0.4) is 0 Å². The van der Waals surface area contributed by atoms with Gasteiger partial charge in [-0.3, -0.25) is 24.1 Å². The number of carbonyl (C=O) groups is 5. The molecule has 1 heterocycles. The highest BCUT2D eigenvalue weighted by Gasteiger charge is 2.40. The molecule has 2 aromatic rings. The smallest absolute Gasteiger partial charge is 0.328 e. The highest BCUT2D eigenvalue weighted by molar-refractivity contribution is 6.09. The highest BCUT2D eigenvalue weighted by Crippen LogP contribution is 2.27. The quantitative estimate of drug-likeness (QED) is 0.131. The summed E-state index contributed by atoms with van der Waals surface area (Å²) < 4.78 is 5.02. The summed E-state index contributed by atoms with van der Waals surface area (Å²) in [6.45, 7) is 18.8. The molecule has 2 aromatic carbocycles. The predicted octanol–water partition coefficient (Wildman–Crippen LogP) is 5.98. The first-order chi connectivity index (χ1) is 24.9. The third-order valence-corrected chi connectivity index (χ3v) is 10.5. The molecule has 0 radical (unpaired) electrons. The van der Waals surface area contributed by atoms with Crippen molar-refractivity contribution in [3.8, 4) is 0 Å². The number of likely N-dealkylation sites (N-methyl/N-ethyl adjacent to an activating group) is 1. The zero-order valence-electron chi connectivity index (χ0n) is 33.7. The molecule has 1 aliphatic heterocycles. The molecule has 0 aromatic heterocycles. The van der Waals surface area contributed by atoms with Gasteiger partial charge in [0.1, 0.15) is 12.1 Å². The molecule has 53 heavy (non-hydrogen) atoms. The number of ketones is 1. The van der Waals surface area contributed by atoms with Gasteiger partial charge in [0.15, 0.2) is 5.78 Å². The van der Waals surface area contributed by atoms with Crippen molar-refractivity contribution in [2.45, 2.75) is 118 Å². The van der Waals surface area contributed by atoms with Crippen LogP contribution in [-0.2, 0) is 30.3 Å². The van der Waals surface area contributed by atoms with Gasteiger partial charge in [-0.25, -0.2) is 4.79 Å². The van der Waals surface area contributed by atoms with Crippen LogP contribution in [0.1, 0.15) is 103 Å². The van der Waals surface area contributed by atoms with Crippen LogP contribution in [-0.4, -0.2) is 90.2 Å². The number of likely N-dealkylation sites (tertiary alicyclic amines) is 1. The summed E-state index contributed by atoms with van der Waals surface area (Å²) in [5.74, 6) is -1.24. The fourth-order valence-electron chi connectivity index (χ4n) is 6.82. The summed E-state index contributed by atoms with van der Waals surface area (Å²) in [5.41, 5.74) is 1.58. The number of rotatable bonds is 15. The molecule has 0 saturated carbocycles. The van der Waals surface area contributed by atoms with Crippen molar-refractivity contribution in [1.29, 1.82) is 0 Å². The Morgan fingerprint density at radius 2 is 1.49 bits per heavy atom. The van der Waals surface area contributed by atoms with Gasteiger partial charge in [-0.15, -0.1) is 0 Å². The van der Waals surface area contributed by atoms with Crippen molar-refractivity contribution in [3.63, 3.8) is 0 Å². The van der Waals surface area contributed by atoms with Crippen molar-refractivity contribution in [2.75, 3.05) is 20.7 Å². The van der Waals surface area contributed by atoms with Gasteiger partial charge in [-0.1, -0.05) is 116 Å². The molecule has 1 saturated heterocycles. The number of ether oxygens (including phenoxy) is 1. The molecule has 0 aliphatic carbocycles. The third kappa shape index (κ3) is 11.6. The van der Waals surface area contributed by atoms with E-state index in [4.69, 9.17) is 4.74 Å². The molecule has 1 aliphatic rings. The highest BCUT2D eigenvalue weighted by atomic mass is 16.5. The van der Waals surface area contributed by atoms with Crippen LogP contribution in [0.5, 0.6) is 0 Å². The van der Waals surface area contributed by atoms with Crippen LogP contribution in [0.15, 0.2) is 66.2 Å². The molecule has 5 atom stereocenters. The van der Waals surface area contributed by atoms with Crippen molar-refractivity contribution in [2.24, 2.45) is 17.3 Å². The number of nitrogens with one attached hydrogen (secondary N) is 2. The van der Waals surface area contributed by atoms with E-state index in [0.29, 0.717) is 22.6 Å². The molecule has 1 fully saturated rings. The standard InChI is InChI=1S/C43H62N4O6/c1-27(2)30(6)47-24-16-15-19-35(47)40(50)45-38(43(7,8)9)41(51)46(10)36(28(3)4)25-29(5)39(49)44-34(42(52)53-11)26-31-20-22-33(23-21-31)37(48)32-17-13-12-14-18-32/h12-14,17-18,20-23,25,27-28,30,34-36,38H,15-16,19,24,26H2,1-11H3,(H,44,49)(H,45,50)/b29-25+/t30?,34-,35+,36+,38+/m0/s1. The lowest BCUT2D eigenvalue weighted by Crippen LogP contribution is -2.61. The second-order valence-electron chi connectivity index (χ2n) is 16.2. The fraction of sp³-hybridized carbons (Fsp3) is 0.558. The summed E-state index contributed by atoms with van der Waals surface area (Å²) in [6, 6.07) is 13.6. The maximum atomic E-state index is 14.3. The molecule has 290 valence electrons. The van der Waals surface area contributed by atoms with E-state index in [2.05, 4.69) is 36.3 Å². The van der Waals surface area contributed by atoms with Gasteiger partial charge in [0.05, 0.1) is 19.2 Å². The average molecular weight is 731 g/mol. The van der Waals surface area contributed by atoms with E-state index in [1.54, 1.807) is 61.3 Å². The Kier molecular flexibility index (Phi) is 15.6. The zero-order valence-corrected chi connectivity index (χ0v) is 33.7. The van der Waals surface area contributed by atoms with Crippen molar-refractivity contribution < 1.29 is 28.7 Å². The maximum Gasteiger partial charge on any atom is 0.328 e. The Bertz CT molecular complexity index is 1590. The SMILES string of the molecule is COC(=O)[C@H](Cc1ccc(C(=O)c2ccccc2)cc1)NC(=O)/C(C)=C/[C@H](C(C)C)N(C)C(=O)[C@@H](NC(=O)[C@H]1CCCCN1C(C)C(C)C)C(C)(C)C. The molecular formula is C43H62N4O6. The van der Waals surface area contributed by atoms with E-state index in [1.165, 1.54) is 7.11 Å². The van der Waals surface area contributed by atoms with E-state index in [-0.39, 0.29) is 42.0 Å². The van der Waals surface area contributed by atoms with Crippen LogP contribution in [0.25, 0.3) is 0 Å². The molecule has 0 bridgehead atoms. The lowest BCUT2D eigenvalue weighted by atomic mass is 9.84. The van der Waals surface area contributed by atoms with Crippen LogP contribution in [0.2, 0.25) is 0 Å². The minimum atomic E-state index is -0.985. The number of hydrogen-bond donors (Lipinski definition) is 2. The lowest BCUT2D eigenvalue weighted by Gasteiger charge is -2.42. The molecule has 10 heteroatoms. The second-order valence-corrected chi connectivity index (χ2v) is 16.2. The van der Waals surface area contributed by atoms with Gasteiger partial charge in [0.2, 0.25) is 17.7 Å². The Morgan fingerprint density at radius 3 is 2.04 bits per heavy atom. The van der Waals surface area contributed by atoms with Crippen molar-refractivity contribution >= 4 is 29.5 Å². The molecule has 0 spiro atoms. The summed E-state index contributed by atoms with van der Waals surface area (Å²) in [6.07, 6.45) is 4.66. The molecule has 2 N–H and O–H groups in total. The maximum absolute atomic E-state index is 14.3. The fourth-order valence-corrected chi connectivity index (χ4v) is 6.82. The number of piperidine rings is 1. The van der Waals surface area contributed by atoms with E-state index in [0.717, 1.165) is 31.4 Å². The van der Waals surface area contributed by atoms with Gasteiger partial charge in [-0.2, -0.15) is 0 Å². The van der Waals surface area contributed by atoms with E-state index in [9.17, 15) is 24.0 Å². The third-order valence-electron chi connectivity index (χ3n) is 10.5. The van der Waals surface area contributed by atoms with Crippen LogP contribution in [0.4, 0.5) is 0 Å². The average Bonchev–Trinajstić information content (AvgIpc) is 3.13. The van der Waals surface area contributed by atoms with Crippen LogP contribution in [0, 0.1) is 17.3 Å². The summed E-state index contributed by atoms with van der Waals surface area (Å²) in [4.78, 5) is 71.3. The van der Waals surface area contributed by atoms with Gasteiger partial charge < -0.3 is 20.3 Å². The van der Waals surface area contributed by atoms with Crippen LogP contribution >= 0.6 is 0 Å². The lowest BCUT2D eigenvalue weighted by molar-refractivity contribution is -0.144. The minimum absolute atomic E-state index is 0.0720. The van der Waals surface area contributed by atoms with E-state index in [1.807, 2.05) is 52.8 Å². The summed E-state index contributed by atoms with van der Waals surface area (Å²) in [5, 5.41) is 5.95. The predicted molar refractivity (Wildman–Crippen MR) is 209 cm³/mol. The van der Waals surface area contributed by atoms with Gasteiger partial charge in [0.25, 0.3) is 0 Å². The van der Waals surface area contributed by atoms with E-state index >= 15 is 0 Å². The molecular weight excluding hydrogens is 668 g/mol. The Balaban J connectivity index is 1.77. The number of hydrogen-bond acceptors (Lipinski definition) is 7. The topological polar surface area (TPSA) is 125 Å². The Morgan fingerprint density at radius 1 is 0.887 bits per heavy atom. The summed E-state index contributed by atoms with van der Waals surface area (Å²) in [7, 11) is 2.97. The normalized spacial score (nSPS) is 17.8. The summed E-state index contributed by atoms with van der Waals surface area (Å²) >= 11 is 0. The van der Waals surface area contributed by atoms with Crippen LogP contribution < -0.4 is 10.6 Å². The van der Waals surface area contributed by atoms with E-state index < -0.39 is 35.4 Å². The first-order valence-electron chi connectivity index (χ1n) is 19.0. The molecule has 1 unspecified atom stereocenters.